The fourth-order valence-electron chi connectivity index (χ4n) is 3.71. The molecule has 1 saturated heterocycles. The molecule has 2 aromatic carbocycles. The number of carbonyl (C=O) groups is 2. The molecule has 3 heterocycles. The van der Waals surface area contributed by atoms with Gasteiger partial charge < -0.3 is 19.4 Å². The Kier molecular flexibility index (Phi) is 5.97. The number of likely N-dealkylation sites (tertiary alicyclic amines) is 1. The summed E-state index contributed by atoms with van der Waals surface area (Å²) < 4.78 is 35.4. The number of aryl methyl sites for hydroxylation is 1. The number of nitrogens with zero attached hydrogens (tertiary/aromatic N) is 2. The van der Waals surface area contributed by atoms with Crippen LogP contribution in [0.25, 0.3) is 11.0 Å². The van der Waals surface area contributed by atoms with Crippen molar-refractivity contribution in [2.24, 2.45) is 0 Å². The topological polar surface area (TPSA) is 119 Å². The number of aromatic nitrogens is 1. The average molecular weight is 506 g/mol. The summed E-state index contributed by atoms with van der Waals surface area (Å²) in [4.78, 5) is 31.8. The molecule has 4 aromatic rings. The second-order valence-corrected chi connectivity index (χ2v) is 10.7. The Morgan fingerprint density at radius 3 is 2.42 bits per heavy atom. The number of furan rings is 1. The van der Waals surface area contributed by atoms with Crippen LogP contribution >= 0.6 is 0 Å². The molecule has 0 bridgehead atoms. The van der Waals surface area contributed by atoms with Crippen molar-refractivity contribution in [1.29, 1.82) is 0 Å². The third kappa shape index (κ3) is 4.80. The standard InChI is InChI=1S/C26H23N3O6S/c1-16-4-9-24(27-15-16)28-25(30)17-12-21(34-18-5-7-19(8-6-18)36(2,32)33)20-14-23(35-22(20)13-17)26(31)29-10-3-11-29/h4-9,12-15H,3,10-11H2,1-2H3,(H,27,28,30). The van der Waals surface area contributed by atoms with E-state index >= 15 is 0 Å². The van der Waals surface area contributed by atoms with Crippen LogP contribution in [0, 0.1) is 6.92 Å². The summed E-state index contributed by atoms with van der Waals surface area (Å²) in [6.07, 6.45) is 3.72. The summed E-state index contributed by atoms with van der Waals surface area (Å²) in [6.45, 7) is 3.24. The van der Waals surface area contributed by atoms with E-state index in [1.54, 1.807) is 35.4 Å². The maximum absolute atomic E-state index is 13.0. The number of hydrogen-bond donors (Lipinski definition) is 1. The van der Waals surface area contributed by atoms with Crippen molar-refractivity contribution >= 4 is 38.4 Å². The molecule has 9 nitrogen and oxygen atoms in total. The summed E-state index contributed by atoms with van der Waals surface area (Å²) in [5.74, 6) is 0.525. The summed E-state index contributed by atoms with van der Waals surface area (Å²) in [5.41, 5.74) is 1.51. The number of carbonyl (C=O) groups excluding carboxylic acids is 2. The van der Waals surface area contributed by atoms with Gasteiger partial charge >= 0.3 is 0 Å². The van der Waals surface area contributed by atoms with Gasteiger partial charge in [0, 0.05) is 37.2 Å². The van der Waals surface area contributed by atoms with Crippen LogP contribution in [-0.2, 0) is 9.84 Å². The van der Waals surface area contributed by atoms with E-state index in [2.05, 4.69) is 10.3 Å². The van der Waals surface area contributed by atoms with Crippen LogP contribution in [0.15, 0.2) is 70.1 Å². The number of benzene rings is 2. The van der Waals surface area contributed by atoms with Gasteiger partial charge in [0.25, 0.3) is 11.8 Å². The fraction of sp³-hybridized carbons (Fsp3) is 0.192. The van der Waals surface area contributed by atoms with Gasteiger partial charge in [0.1, 0.15) is 22.9 Å². The number of anilines is 1. The molecule has 0 aliphatic carbocycles. The lowest BCUT2D eigenvalue weighted by Gasteiger charge is -2.29. The molecule has 5 rings (SSSR count). The molecule has 0 atom stereocenters. The molecule has 10 heteroatoms. The van der Waals surface area contributed by atoms with E-state index in [4.69, 9.17) is 9.15 Å². The zero-order valence-electron chi connectivity index (χ0n) is 19.6. The zero-order valence-corrected chi connectivity index (χ0v) is 20.5. The Morgan fingerprint density at radius 1 is 1.06 bits per heavy atom. The fourth-order valence-corrected chi connectivity index (χ4v) is 4.35. The van der Waals surface area contributed by atoms with Crippen molar-refractivity contribution in [2.45, 2.75) is 18.2 Å². The smallest absolute Gasteiger partial charge is 0.289 e. The van der Waals surface area contributed by atoms with E-state index in [9.17, 15) is 18.0 Å². The summed E-state index contributed by atoms with van der Waals surface area (Å²) >= 11 is 0. The second-order valence-electron chi connectivity index (χ2n) is 8.66. The molecule has 1 aliphatic heterocycles. The van der Waals surface area contributed by atoms with E-state index < -0.39 is 15.7 Å². The minimum Gasteiger partial charge on any atom is -0.457 e. The molecular weight excluding hydrogens is 482 g/mol. The number of sulfone groups is 1. The highest BCUT2D eigenvalue weighted by molar-refractivity contribution is 7.90. The minimum absolute atomic E-state index is 0.153. The monoisotopic (exact) mass is 505 g/mol. The van der Waals surface area contributed by atoms with E-state index in [0.717, 1.165) is 18.2 Å². The normalized spacial score (nSPS) is 13.3. The number of rotatable bonds is 6. The molecule has 1 N–H and O–H groups in total. The van der Waals surface area contributed by atoms with Crippen molar-refractivity contribution in [2.75, 3.05) is 24.7 Å². The number of pyridine rings is 1. The van der Waals surface area contributed by atoms with Gasteiger partial charge in [-0.1, -0.05) is 6.07 Å². The molecule has 0 radical (unpaired) electrons. The van der Waals surface area contributed by atoms with Gasteiger partial charge in [-0.25, -0.2) is 13.4 Å². The lowest BCUT2D eigenvalue weighted by molar-refractivity contribution is 0.0621. The average Bonchev–Trinajstić information content (AvgIpc) is 3.24. The molecular formula is C26H23N3O6S. The molecule has 1 aliphatic rings. The van der Waals surface area contributed by atoms with Gasteiger partial charge in [0.05, 0.1) is 10.3 Å². The maximum Gasteiger partial charge on any atom is 0.289 e. The van der Waals surface area contributed by atoms with E-state index in [1.165, 1.54) is 24.3 Å². The van der Waals surface area contributed by atoms with Crippen molar-refractivity contribution in [3.63, 3.8) is 0 Å². The third-order valence-electron chi connectivity index (χ3n) is 5.85. The Hall–Kier alpha value is -4.18. The lowest BCUT2D eigenvalue weighted by atomic mass is 10.1. The number of amides is 2. The van der Waals surface area contributed by atoms with Gasteiger partial charge in [0.15, 0.2) is 15.6 Å². The van der Waals surface area contributed by atoms with Crippen LogP contribution in [0.4, 0.5) is 5.82 Å². The van der Waals surface area contributed by atoms with Gasteiger partial charge in [-0.05, 0) is 61.4 Å². The first-order valence-electron chi connectivity index (χ1n) is 11.3. The summed E-state index contributed by atoms with van der Waals surface area (Å²) in [6, 6.07) is 14.2. The largest absolute Gasteiger partial charge is 0.457 e. The van der Waals surface area contributed by atoms with Crippen molar-refractivity contribution < 1.29 is 27.2 Å². The molecule has 184 valence electrons. The van der Waals surface area contributed by atoms with Gasteiger partial charge in [-0.2, -0.15) is 0 Å². The molecule has 0 unspecified atom stereocenters. The van der Waals surface area contributed by atoms with Crippen molar-refractivity contribution in [3.8, 4) is 11.5 Å². The highest BCUT2D eigenvalue weighted by Crippen LogP contribution is 2.35. The van der Waals surface area contributed by atoms with Crippen LogP contribution in [0.1, 0.15) is 32.9 Å². The second kappa shape index (κ2) is 9.12. The SMILES string of the molecule is Cc1ccc(NC(=O)c2cc(Oc3ccc(S(C)(=O)=O)cc3)c3cc(C(=O)N4CCC4)oc3c2)nc1. The predicted octanol–water partition coefficient (Wildman–Crippen LogP) is 4.43. The third-order valence-corrected chi connectivity index (χ3v) is 6.98. The van der Waals surface area contributed by atoms with E-state index in [1.807, 2.05) is 13.0 Å². The number of ether oxygens (including phenoxy) is 1. The highest BCUT2D eigenvalue weighted by atomic mass is 32.2. The highest BCUT2D eigenvalue weighted by Gasteiger charge is 2.26. The van der Waals surface area contributed by atoms with E-state index in [-0.39, 0.29) is 27.9 Å². The summed E-state index contributed by atoms with van der Waals surface area (Å²) in [5, 5.41) is 3.25. The molecule has 2 amide bonds. The van der Waals surface area contributed by atoms with Crippen molar-refractivity contribution in [3.05, 3.63) is 77.7 Å². The van der Waals surface area contributed by atoms with Crippen LogP contribution in [0.3, 0.4) is 0 Å². The Labute approximate surface area is 207 Å². The van der Waals surface area contributed by atoms with Crippen LogP contribution < -0.4 is 10.1 Å². The van der Waals surface area contributed by atoms with Gasteiger partial charge in [-0.15, -0.1) is 0 Å². The summed E-state index contributed by atoms with van der Waals surface area (Å²) in [7, 11) is -3.36. The quantitative estimate of drug-likeness (QED) is 0.412. The Bertz CT molecular complexity index is 1570. The van der Waals surface area contributed by atoms with Gasteiger partial charge in [0.2, 0.25) is 0 Å². The molecule has 0 spiro atoms. The van der Waals surface area contributed by atoms with Gasteiger partial charge in [-0.3, -0.25) is 9.59 Å². The first-order chi connectivity index (χ1) is 17.2. The maximum atomic E-state index is 13.0. The van der Waals surface area contributed by atoms with E-state index in [0.29, 0.717) is 35.6 Å². The molecule has 2 aromatic heterocycles. The molecule has 36 heavy (non-hydrogen) atoms. The number of hydrogen-bond acceptors (Lipinski definition) is 7. The predicted molar refractivity (Wildman–Crippen MR) is 133 cm³/mol. The van der Waals surface area contributed by atoms with Crippen LogP contribution in [0.2, 0.25) is 0 Å². The van der Waals surface area contributed by atoms with Crippen molar-refractivity contribution in [1.82, 2.24) is 9.88 Å². The molecule has 0 saturated carbocycles. The van der Waals surface area contributed by atoms with Crippen LogP contribution in [-0.4, -0.2) is 49.5 Å². The number of nitrogens with one attached hydrogen (secondary N) is 1. The first kappa shape index (κ1) is 23.6. The Balaban J connectivity index is 1.52. The first-order valence-corrected chi connectivity index (χ1v) is 13.2. The van der Waals surface area contributed by atoms with Crippen LogP contribution in [0.5, 0.6) is 11.5 Å². The number of fused-ring (bicyclic) bond motifs is 1. The minimum atomic E-state index is -3.36. The zero-order chi connectivity index (χ0) is 25.4. The molecule has 1 fully saturated rings. The Morgan fingerprint density at radius 2 is 1.81 bits per heavy atom. The lowest BCUT2D eigenvalue weighted by Crippen LogP contribution is -2.41.